The van der Waals surface area contributed by atoms with E-state index in [9.17, 15) is 15.0 Å². The molecular formula is C31H50O3. The maximum Gasteiger partial charge on any atom is 0.312 e. The molecule has 5 aliphatic carbocycles. The lowest BCUT2D eigenvalue weighted by atomic mass is 9.41. The molecule has 0 amide bonds. The molecule has 0 saturated heterocycles. The zero-order valence-electron chi connectivity index (χ0n) is 22.8. The summed E-state index contributed by atoms with van der Waals surface area (Å²) >= 11 is 0. The SMILES string of the molecule is C=C(CC[C@@H](C)C1CC[C@@]2(C)C3CCC4C5(CC[C@H](O)[C@@]4(C)C(=O)O)CC35CC[C@]12C)C(C)C. The highest BCUT2D eigenvalue weighted by Gasteiger charge is 2.83. The number of aliphatic carboxylic acids is 1. The van der Waals surface area contributed by atoms with E-state index in [2.05, 4.69) is 41.2 Å². The fraction of sp³-hybridized carbons (Fsp3) is 0.903. The predicted molar refractivity (Wildman–Crippen MR) is 137 cm³/mol. The van der Waals surface area contributed by atoms with Crippen LogP contribution in [0.4, 0.5) is 0 Å². The molecule has 0 aromatic carbocycles. The van der Waals surface area contributed by atoms with E-state index in [0.29, 0.717) is 28.6 Å². The number of allylic oxidation sites excluding steroid dienone is 1. The van der Waals surface area contributed by atoms with Crippen molar-refractivity contribution in [3.05, 3.63) is 12.2 Å². The van der Waals surface area contributed by atoms with Gasteiger partial charge in [-0.05, 0) is 129 Å². The quantitative estimate of drug-likeness (QED) is 0.396. The van der Waals surface area contributed by atoms with Crippen molar-refractivity contribution in [2.75, 3.05) is 0 Å². The second kappa shape index (κ2) is 7.59. The van der Waals surface area contributed by atoms with Gasteiger partial charge in [0.2, 0.25) is 0 Å². The maximum absolute atomic E-state index is 12.5. The molecule has 2 spiro atoms. The van der Waals surface area contributed by atoms with E-state index in [1.165, 1.54) is 50.5 Å². The zero-order valence-corrected chi connectivity index (χ0v) is 22.8. The van der Waals surface area contributed by atoms with Crippen LogP contribution in [-0.2, 0) is 4.79 Å². The van der Waals surface area contributed by atoms with Crippen LogP contribution in [0.25, 0.3) is 0 Å². The average Bonchev–Trinajstić information content (AvgIpc) is 3.36. The molecule has 192 valence electrons. The minimum atomic E-state index is -0.972. The van der Waals surface area contributed by atoms with E-state index < -0.39 is 17.5 Å². The number of hydrogen-bond donors (Lipinski definition) is 2. The highest BCUT2D eigenvalue weighted by molar-refractivity contribution is 5.76. The van der Waals surface area contributed by atoms with Crippen LogP contribution in [0.2, 0.25) is 0 Å². The van der Waals surface area contributed by atoms with Crippen LogP contribution < -0.4 is 0 Å². The summed E-state index contributed by atoms with van der Waals surface area (Å²) in [6.45, 7) is 18.5. The van der Waals surface area contributed by atoms with E-state index in [-0.39, 0.29) is 11.3 Å². The van der Waals surface area contributed by atoms with Crippen molar-refractivity contribution in [1.82, 2.24) is 0 Å². The topological polar surface area (TPSA) is 57.5 Å². The molecule has 5 unspecified atom stereocenters. The van der Waals surface area contributed by atoms with E-state index in [4.69, 9.17) is 0 Å². The Balaban J connectivity index is 1.41. The summed E-state index contributed by atoms with van der Waals surface area (Å²) in [4.78, 5) is 12.5. The van der Waals surface area contributed by atoms with Crippen LogP contribution in [0, 0.1) is 56.7 Å². The molecule has 5 fully saturated rings. The molecule has 2 N–H and O–H groups in total. The summed E-state index contributed by atoms with van der Waals surface area (Å²) in [6, 6.07) is 0. The van der Waals surface area contributed by atoms with Gasteiger partial charge in [-0.15, -0.1) is 0 Å². The number of rotatable bonds is 6. The first kappa shape index (κ1) is 24.8. The third kappa shape index (κ3) is 2.83. The van der Waals surface area contributed by atoms with E-state index in [1.54, 1.807) is 0 Å². The Hall–Kier alpha value is -0.830. The number of carboxylic acids is 1. The van der Waals surface area contributed by atoms with Gasteiger partial charge in [-0.3, -0.25) is 4.79 Å². The Morgan fingerprint density at radius 3 is 2.21 bits per heavy atom. The van der Waals surface area contributed by atoms with Crippen molar-refractivity contribution in [2.45, 2.75) is 118 Å². The molecule has 3 nitrogen and oxygen atoms in total. The molecule has 10 atom stereocenters. The lowest BCUT2D eigenvalue weighted by Crippen LogP contribution is -2.59. The van der Waals surface area contributed by atoms with Crippen LogP contribution in [0.3, 0.4) is 0 Å². The fourth-order valence-electron chi connectivity index (χ4n) is 11.2. The minimum Gasteiger partial charge on any atom is -0.481 e. The standard InChI is InChI=1S/C31H50O3/c1-19(2)20(3)8-9-21(4)22-12-14-28(6)23-10-11-24-29(7,26(33)34)25(32)13-15-30(24)18-31(23,30)17-16-27(22,28)5/h19,21-25,32H,3,8-18H2,1-2,4-7H3,(H,33,34)/t21-,22?,23?,24?,25+,27-,28+,29+,30?,31?/m1/s1. The van der Waals surface area contributed by atoms with Gasteiger partial charge in [-0.1, -0.05) is 46.8 Å². The first-order chi connectivity index (χ1) is 15.8. The van der Waals surface area contributed by atoms with Crippen molar-refractivity contribution < 1.29 is 15.0 Å². The summed E-state index contributed by atoms with van der Waals surface area (Å²) in [7, 11) is 0. The Kier molecular flexibility index (Phi) is 5.55. The molecule has 0 radical (unpaired) electrons. The number of carbonyl (C=O) groups is 1. The fourth-order valence-corrected chi connectivity index (χ4v) is 11.2. The first-order valence-corrected chi connectivity index (χ1v) is 14.4. The van der Waals surface area contributed by atoms with Crippen LogP contribution >= 0.6 is 0 Å². The number of fused-ring (bicyclic) bond motifs is 2. The minimum absolute atomic E-state index is 0.142. The maximum atomic E-state index is 12.5. The number of carboxylic acid groups (broad SMARTS) is 1. The summed E-state index contributed by atoms with van der Waals surface area (Å²) in [5.74, 6) is 2.21. The molecule has 5 saturated carbocycles. The van der Waals surface area contributed by atoms with E-state index in [0.717, 1.165) is 37.0 Å². The van der Waals surface area contributed by atoms with Crippen LogP contribution in [-0.4, -0.2) is 22.3 Å². The van der Waals surface area contributed by atoms with E-state index in [1.807, 2.05) is 6.92 Å². The molecular weight excluding hydrogens is 420 g/mol. The Morgan fingerprint density at radius 1 is 0.912 bits per heavy atom. The lowest BCUT2D eigenvalue weighted by molar-refractivity contribution is -0.189. The van der Waals surface area contributed by atoms with Gasteiger partial charge < -0.3 is 10.2 Å². The zero-order chi connectivity index (χ0) is 24.9. The molecule has 3 heteroatoms. The van der Waals surface area contributed by atoms with Crippen molar-refractivity contribution in [3.8, 4) is 0 Å². The molecule has 0 aliphatic heterocycles. The van der Waals surface area contributed by atoms with Gasteiger partial charge in [0.1, 0.15) is 0 Å². The molecule has 34 heavy (non-hydrogen) atoms. The lowest BCUT2D eigenvalue weighted by Gasteiger charge is -2.63. The van der Waals surface area contributed by atoms with Gasteiger partial charge in [0.25, 0.3) is 0 Å². The third-order valence-corrected chi connectivity index (χ3v) is 13.7. The summed E-state index contributed by atoms with van der Waals surface area (Å²) in [6.07, 6.45) is 12.1. The normalized spacial score (nSPS) is 52.2. The molecule has 5 aliphatic rings. The van der Waals surface area contributed by atoms with Crippen molar-refractivity contribution in [3.63, 3.8) is 0 Å². The van der Waals surface area contributed by atoms with Crippen LogP contribution in [0.5, 0.6) is 0 Å². The van der Waals surface area contributed by atoms with Crippen LogP contribution in [0.15, 0.2) is 12.2 Å². The molecule has 0 aromatic rings. The van der Waals surface area contributed by atoms with E-state index >= 15 is 0 Å². The van der Waals surface area contributed by atoms with Gasteiger partial charge >= 0.3 is 5.97 Å². The smallest absolute Gasteiger partial charge is 0.312 e. The third-order valence-electron chi connectivity index (χ3n) is 13.7. The number of aliphatic hydroxyl groups is 1. The summed E-state index contributed by atoms with van der Waals surface area (Å²) < 4.78 is 0. The molecule has 0 aromatic heterocycles. The first-order valence-electron chi connectivity index (χ1n) is 14.4. The van der Waals surface area contributed by atoms with Gasteiger partial charge in [0.05, 0.1) is 11.5 Å². The molecule has 0 heterocycles. The average molecular weight is 471 g/mol. The van der Waals surface area contributed by atoms with Crippen molar-refractivity contribution in [2.24, 2.45) is 56.7 Å². The second-order valence-electron chi connectivity index (χ2n) is 14.6. The van der Waals surface area contributed by atoms with Gasteiger partial charge in [-0.25, -0.2) is 0 Å². The predicted octanol–water partition coefficient (Wildman–Crippen LogP) is 7.48. The Morgan fingerprint density at radius 2 is 1.56 bits per heavy atom. The molecule has 5 rings (SSSR count). The highest BCUT2D eigenvalue weighted by Crippen LogP contribution is 2.89. The monoisotopic (exact) mass is 470 g/mol. The van der Waals surface area contributed by atoms with Crippen LogP contribution in [0.1, 0.15) is 112 Å². The van der Waals surface area contributed by atoms with Crippen molar-refractivity contribution in [1.29, 1.82) is 0 Å². The van der Waals surface area contributed by atoms with Gasteiger partial charge in [0, 0.05) is 0 Å². The van der Waals surface area contributed by atoms with Crippen molar-refractivity contribution >= 4 is 5.97 Å². The van der Waals surface area contributed by atoms with Gasteiger partial charge in [-0.2, -0.15) is 0 Å². The Bertz CT molecular complexity index is 878. The number of aliphatic hydroxyl groups excluding tert-OH is 1. The summed E-state index contributed by atoms with van der Waals surface area (Å²) in [5.41, 5.74) is 1.70. The largest absolute Gasteiger partial charge is 0.481 e. The summed E-state index contributed by atoms with van der Waals surface area (Å²) in [5, 5.41) is 21.1. The Labute approximate surface area is 208 Å². The number of hydrogen-bond acceptors (Lipinski definition) is 2. The molecule has 0 bridgehead atoms. The highest BCUT2D eigenvalue weighted by atomic mass is 16.4. The van der Waals surface area contributed by atoms with Gasteiger partial charge in [0.15, 0.2) is 0 Å². The second-order valence-corrected chi connectivity index (χ2v) is 14.6.